The first kappa shape index (κ1) is 10.2. The molecule has 3 nitrogen and oxygen atoms in total. The maximum absolute atomic E-state index is 5.27. The third-order valence-corrected chi connectivity index (χ3v) is 2.61. The van der Waals surface area contributed by atoms with Crippen molar-refractivity contribution >= 4 is 26.8 Å². The lowest BCUT2D eigenvalue weighted by molar-refractivity contribution is 0.398. The summed E-state index contributed by atoms with van der Waals surface area (Å²) < 4.78 is 11.2. The van der Waals surface area contributed by atoms with Crippen LogP contribution in [0.3, 0.4) is 0 Å². The molecule has 0 aliphatic rings. The fraction of sp³-hybridized carbons (Fsp3) is 0.182. The van der Waals surface area contributed by atoms with E-state index < -0.39 is 0 Å². The minimum Gasteiger partial charge on any atom is -0.497 e. The van der Waals surface area contributed by atoms with Gasteiger partial charge in [-0.3, -0.25) is 0 Å². The van der Waals surface area contributed by atoms with Crippen LogP contribution in [0.4, 0.5) is 0 Å². The number of fused-ring (bicyclic) bond motifs is 1. The Kier molecular flexibility index (Phi) is 2.77. The molecule has 1 aromatic carbocycles. The van der Waals surface area contributed by atoms with Gasteiger partial charge in [0.25, 0.3) is 0 Å². The van der Waals surface area contributed by atoms with Crippen LogP contribution in [-0.2, 0) is 0 Å². The van der Waals surface area contributed by atoms with Crippen molar-refractivity contribution < 1.29 is 9.47 Å². The molecular formula is C11H10BrNO2. The summed E-state index contributed by atoms with van der Waals surface area (Å²) in [5.74, 6) is 1.51. The number of hydrogen-bond acceptors (Lipinski definition) is 3. The number of pyridine rings is 1. The van der Waals surface area contributed by atoms with E-state index >= 15 is 0 Å². The summed E-state index contributed by atoms with van der Waals surface area (Å²) in [6.45, 7) is 0. The van der Waals surface area contributed by atoms with E-state index in [1.165, 1.54) is 0 Å². The number of rotatable bonds is 2. The van der Waals surface area contributed by atoms with Crippen LogP contribution in [0.5, 0.6) is 11.5 Å². The lowest BCUT2D eigenvalue weighted by atomic mass is 10.2. The fourth-order valence-electron chi connectivity index (χ4n) is 1.44. The van der Waals surface area contributed by atoms with Crippen LogP contribution >= 0.6 is 15.9 Å². The number of hydrogen-bond donors (Lipinski definition) is 0. The Morgan fingerprint density at radius 2 is 1.93 bits per heavy atom. The zero-order valence-electron chi connectivity index (χ0n) is 8.45. The Hall–Kier alpha value is -1.29. The van der Waals surface area contributed by atoms with Crippen molar-refractivity contribution in [1.82, 2.24) is 4.98 Å². The van der Waals surface area contributed by atoms with E-state index in [0.717, 1.165) is 27.0 Å². The van der Waals surface area contributed by atoms with Gasteiger partial charge in [0.05, 0.1) is 19.7 Å². The molecule has 0 fully saturated rings. The minimum absolute atomic E-state index is 0.741. The second-order valence-corrected chi connectivity index (χ2v) is 3.84. The van der Waals surface area contributed by atoms with E-state index in [-0.39, 0.29) is 0 Å². The van der Waals surface area contributed by atoms with Crippen molar-refractivity contribution in [2.24, 2.45) is 0 Å². The first-order chi connectivity index (χ1) is 7.24. The summed E-state index contributed by atoms with van der Waals surface area (Å²) in [4.78, 5) is 4.35. The summed E-state index contributed by atoms with van der Waals surface area (Å²) in [6, 6.07) is 7.57. The Morgan fingerprint density at radius 1 is 1.13 bits per heavy atom. The number of nitrogens with zero attached hydrogens (tertiary/aromatic N) is 1. The largest absolute Gasteiger partial charge is 0.497 e. The van der Waals surface area contributed by atoms with Crippen LogP contribution in [0.25, 0.3) is 10.9 Å². The molecule has 1 aromatic heterocycles. The number of aromatic nitrogens is 1. The van der Waals surface area contributed by atoms with E-state index in [9.17, 15) is 0 Å². The molecule has 0 radical (unpaired) electrons. The van der Waals surface area contributed by atoms with Crippen molar-refractivity contribution in [1.29, 1.82) is 0 Å². The third kappa shape index (κ3) is 1.90. The normalized spacial score (nSPS) is 10.3. The number of halogens is 1. The molecule has 0 spiro atoms. The number of ether oxygens (including phenoxy) is 2. The lowest BCUT2D eigenvalue weighted by Gasteiger charge is -2.07. The van der Waals surface area contributed by atoms with Crippen LogP contribution in [0, 0.1) is 0 Å². The van der Waals surface area contributed by atoms with Gasteiger partial charge in [0, 0.05) is 17.5 Å². The molecule has 0 aliphatic heterocycles. The standard InChI is InChI=1S/C11H10BrNO2/c1-14-7-5-9-8(10(6-7)15-2)3-4-11(12)13-9/h3-6H,1-2H3. The Balaban J connectivity index is 2.74. The third-order valence-electron chi connectivity index (χ3n) is 2.16. The maximum atomic E-state index is 5.27. The molecular weight excluding hydrogens is 258 g/mol. The molecule has 78 valence electrons. The van der Waals surface area contributed by atoms with E-state index in [1.54, 1.807) is 14.2 Å². The van der Waals surface area contributed by atoms with E-state index in [0.29, 0.717) is 0 Å². The minimum atomic E-state index is 0.741. The van der Waals surface area contributed by atoms with Gasteiger partial charge in [0.2, 0.25) is 0 Å². The van der Waals surface area contributed by atoms with E-state index in [2.05, 4.69) is 20.9 Å². The van der Waals surface area contributed by atoms with Gasteiger partial charge in [-0.2, -0.15) is 0 Å². The van der Waals surface area contributed by atoms with Gasteiger partial charge >= 0.3 is 0 Å². The Bertz CT molecular complexity index is 499. The quantitative estimate of drug-likeness (QED) is 0.784. The van der Waals surface area contributed by atoms with Crippen molar-refractivity contribution in [2.45, 2.75) is 0 Å². The van der Waals surface area contributed by atoms with E-state index in [1.807, 2.05) is 24.3 Å². The average molecular weight is 268 g/mol. The fourth-order valence-corrected chi connectivity index (χ4v) is 1.76. The summed E-state index contributed by atoms with van der Waals surface area (Å²) in [5, 5.41) is 0.974. The van der Waals surface area contributed by atoms with E-state index in [4.69, 9.17) is 9.47 Å². The monoisotopic (exact) mass is 267 g/mol. The molecule has 2 aromatic rings. The summed E-state index contributed by atoms with van der Waals surface area (Å²) in [5.41, 5.74) is 0.848. The second kappa shape index (κ2) is 4.06. The highest BCUT2D eigenvalue weighted by Gasteiger charge is 2.06. The average Bonchev–Trinajstić information content (AvgIpc) is 2.26. The van der Waals surface area contributed by atoms with Crippen LogP contribution in [-0.4, -0.2) is 19.2 Å². The zero-order valence-corrected chi connectivity index (χ0v) is 10.0. The van der Waals surface area contributed by atoms with Crippen LogP contribution < -0.4 is 9.47 Å². The highest BCUT2D eigenvalue weighted by Crippen LogP contribution is 2.30. The molecule has 0 N–H and O–H groups in total. The Morgan fingerprint density at radius 3 is 2.60 bits per heavy atom. The van der Waals surface area contributed by atoms with Gasteiger partial charge in [-0.1, -0.05) is 0 Å². The maximum Gasteiger partial charge on any atom is 0.131 e. The van der Waals surface area contributed by atoms with Crippen LogP contribution in [0.2, 0.25) is 0 Å². The summed E-state index contributed by atoms with van der Waals surface area (Å²) in [6.07, 6.45) is 0. The molecule has 2 rings (SSSR count). The molecule has 0 saturated heterocycles. The van der Waals surface area contributed by atoms with Crippen molar-refractivity contribution in [2.75, 3.05) is 14.2 Å². The van der Waals surface area contributed by atoms with Crippen molar-refractivity contribution in [3.63, 3.8) is 0 Å². The van der Waals surface area contributed by atoms with Gasteiger partial charge in [-0.25, -0.2) is 4.98 Å². The summed E-state index contributed by atoms with van der Waals surface area (Å²) in [7, 11) is 3.26. The first-order valence-corrected chi connectivity index (χ1v) is 5.22. The lowest BCUT2D eigenvalue weighted by Crippen LogP contribution is -1.90. The molecule has 1 heterocycles. The highest BCUT2D eigenvalue weighted by molar-refractivity contribution is 9.10. The number of benzene rings is 1. The van der Waals surface area contributed by atoms with Gasteiger partial charge < -0.3 is 9.47 Å². The van der Waals surface area contributed by atoms with Crippen molar-refractivity contribution in [3.05, 3.63) is 28.9 Å². The predicted octanol–water partition coefficient (Wildman–Crippen LogP) is 3.01. The van der Waals surface area contributed by atoms with Crippen LogP contribution in [0.1, 0.15) is 0 Å². The molecule has 15 heavy (non-hydrogen) atoms. The Labute approximate surface area is 96.2 Å². The van der Waals surface area contributed by atoms with Crippen molar-refractivity contribution in [3.8, 4) is 11.5 Å². The molecule has 0 atom stereocenters. The summed E-state index contributed by atoms with van der Waals surface area (Å²) >= 11 is 3.33. The topological polar surface area (TPSA) is 31.4 Å². The number of methoxy groups -OCH3 is 2. The molecule has 0 bridgehead atoms. The van der Waals surface area contributed by atoms with Gasteiger partial charge in [-0.05, 0) is 28.1 Å². The molecule has 4 heteroatoms. The molecule has 0 amide bonds. The van der Waals surface area contributed by atoms with Gasteiger partial charge in [-0.15, -0.1) is 0 Å². The van der Waals surface area contributed by atoms with Crippen LogP contribution in [0.15, 0.2) is 28.9 Å². The molecule has 0 unspecified atom stereocenters. The second-order valence-electron chi connectivity index (χ2n) is 3.03. The highest BCUT2D eigenvalue weighted by atomic mass is 79.9. The molecule has 0 aliphatic carbocycles. The van der Waals surface area contributed by atoms with Gasteiger partial charge in [0.1, 0.15) is 16.1 Å². The predicted molar refractivity (Wildman–Crippen MR) is 62.5 cm³/mol. The molecule has 0 saturated carbocycles. The van der Waals surface area contributed by atoms with Gasteiger partial charge in [0.15, 0.2) is 0 Å². The zero-order chi connectivity index (χ0) is 10.8. The SMILES string of the molecule is COc1cc(OC)c2ccc(Br)nc2c1. The first-order valence-electron chi connectivity index (χ1n) is 4.43. The smallest absolute Gasteiger partial charge is 0.131 e.